The molecule has 0 N–H and O–H groups in total. The molecule has 0 spiro atoms. The Morgan fingerprint density at radius 2 is 2.19 bits per heavy atom. The van der Waals surface area contributed by atoms with Crippen molar-refractivity contribution in [1.29, 1.82) is 5.26 Å². The fraction of sp³-hybridized carbons (Fsp3) is 0.571. The maximum Gasteiger partial charge on any atom is 0.216 e. The van der Waals surface area contributed by atoms with Gasteiger partial charge in [0.05, 0.1) is 16.9 Å². The van der Waals surface area contributed by atoms with Gasteiger partial charge in [0.15, 0.2) is 0 Å². The van der Waals surface area contributed by atoms with E-state index in [1.54, 1.807) is 25.4 Å². The molecular weight excluding hydrogens is 288 g/mol. The summed E-state index contributed by atoms with van der Waals surface area (Å²) in [6.07, 6.45) is 3.23. The highest BCUT2D eigenvalue weighted by atomic mass is 32.2. The molecule has 21 heavy (non-hydrogen) atoms. The molecule has 3 rings (SSSR count). The van der Waals surface area contributed by atoms with Crippen LogP contribution in [-0.2, 0) is 10.0 Å². The van der Waals surface area contributed by atoms with Gasteiger partial charge in [0.1, 0.15) is 5.82 Å². The number of hydrogen-bond donors (Lipinski definition) is 0. The second kappa shape index (κ2) is 5.28. The molecule has 2 fully saturated rings. The zero-order valence-corrected chi connectivity index (χ0v) is 12.8. The molecule has 1 aliphatic carbocycles. The van der Waals surface area contributed by atoms with E-state index in [1.807, 2.05) is 0 Å². The summed E-state index contributed by atoms with van der Waals surface area (Å²) < 4.78 is 25.6. The predicted molar refractivity (Wildman–Crippen MR) is 79.2 cm³/mol. The van der Waals surface area contributed by atoms with Crippen molar-refractivity contribution in [2.75, 3.05) is 31.6 Å². The van der Waals surface area contributed by atoms with Gasteiger partial charge in [-0.1, -0.05) is 0 Å². The third-order valence-electron chi connectivity index (χ3n) is 4.05. The van der Waals surface area contributed by atoms with E-state index < -0.39 is 10.0 Å². The topological polar surface area (TPSA) is 77.3 Å². The minimum Gasteiger partial charge on any atom is -0.356 e. The Bertz CT molecular complexity index is 672. The molecule has 0 radical (unpaired) electrons. The van der Waals surface area contributed by atoms with Crippen molar-refractivity contribution in [3.63, 3.8) is 0 Å². The van der Waals surface area contributed by atoms with Crippen LogP contribution in [0.4, 0.5) is 5.82 Å². The van der Waals surface area contributed by atoms with Crippen molar-refractivity contribution < 1.29 is 8.42 Å². The highest BCUT2D eigenvalue weighted by Crippen LogP contribution is 2.31. The van der Waals surface area contributed by atoms with Gasteiger partial charge in [0.25, 0.3) is 0 Å². The van der Waals surface area contributed by atoms with Gasteiger partial charge in [0, 0.05) is 38.8 Å². The van der Waals surface area contributed by atoms with Crippen molar-refractivity contribution in [1.82, 2.24) is 9.29 Å². The molecule has 6 nitrogen and oxygen atoms in total. The van der Waals surface area contributed by atoms with Gasteiger partial charge in [-0.25, -0.2) is 17.7 Å². The minimum absolute atomic E-state index is 0.146. The Labute approximate surface area is 125 Å². The molecule has 0 amide bonds. The van der Waals surface area contributed by atoms with Crippen molar-refractivity contribution in [3.8, 4) is 6.07 Å². The first-order valence-corrected chi connectivity index (χ1v) is 8.57. The first-order valence-electron chi connectivity index (χ1n) is 7.07. The van der Waals surface area contributed by atoms with Crippen LogP contribution in [0, 0.1) is 17.2 Å². The van der Waals surface area contributed by atoms with Crippen molar-refractivity contribution in [2.45, 2.75) is 18.1 Å². The van der Waals surface area contributed by atoms with Gasteiger partial charge in [0.2, 0.25) is 10.0 Å². The van der Waals surface area contributed by atoms with Gasteiger partial charge in [-0.2, -0.15) is 5.26 Å². The summed E-state index contributed by atoms with van der Waals surface area (Å²) in [7, 11) is -1.40. The van der Waals surface area contributed by atoms with Crippen LogP contribution in [0.5, 0.6) is 0 Å². The summed E-state index contributed by atoms with van der Waals surface area (Å²) in [6, 6.07) is 5.54. The smallest absolute Gasteiger partial charge is 0.216 e. The first kappa shape index (κ1) is 14.3. The molecule has 0 aromatic carbocycles. The summed E-state index contributed by atoms with van der Waals surface area (Å²) in [5.41, 5.74) is 0.594. The van der Waals surface area contributed by atoms with Crippen LogP contribution in [-0.4, -0.2) is 49.6 Å². The Morgan fingerprint density at radius 1 is 1.48 bits per heavy atom. The maximum atomic E-state index is 12.1. The Balaban J connectivity index is 1.55. The fourth-order valence-electron chi connectivity index (χ4n) is 2.62. The first-order chi connectivity index (χ1) is 10.0. The van der Waals surface area contributed by atoms with E-state index in [1.165, 1.54) is 4.31 Å². The van der Waals surface area contributed by atoms with Crippen molar-refractivity contribution >= 4 is 15.8 Å². The molecule has 1 aromatic rings. The van der Waals surface area contributed by atoms with E-state index in [4.69, 9.17) is 5.26 Å². The Hall–Kier alpha value is -1.65. The number of sulfonamides is 1. The number of nitrogens with zero attached hydrogens (tertiary/aromatic N) is 4. The summed E-state index contributed by atoms with van der Waals surface area (Å²) in [5, 5.41) is 8.74. The van der Waals surface area contributed by atoms with Crippen LogP contribution in [0.25, 0.3) is 0 Å². The largest absolute Gasteiger partial charge is 0.356 e. The second-order valence-corrected chi connectivity index (χ2v) is 8.13. The molecule has 0 atom stereocenters. The lowest BCUT2D eigenvalue weighted by Gasteiger charge is -2.41. The number of anilines is 1. The molecule has 2 heterocycles. The number of hydrogen-bond acceptors (Lipinski definition) is 5. The minimum atomic E-state index is -3.07. The lowest BCUT2D eigenvalue weighted by Crippen LogP contribution is -2.52. The molecule has 1 saturated carbocycles. The summed E-state index contributed by atoms with van der Waals surface area (Å²) in [6.45, 7) is 2.13. The summed E-state index contributed by atoms with van der Waals surface area (Å²) >= 11 is 0. The quantitative estimate of drug-likeness (QED) is 0.804. The Kier molecular flexibility index (Phi) is 3.59. The predicted octanol–water partition coefficient (Wildman–Crippen LogP) is 0.813. The maximum absolute atomic E-state index is 12.1. The Morgan fingerprint density at radius 3 is 2.81 bits per heavy atom. The monoisotopic (exact) mass is 306 g/mol. The van der Waals surface area contributed by atoms with Crippen molar-refractivity contribution in [3.05, 3.63) is 23.9 Å². The molecule has 7 heteroatoms. The van der Waals surface area contributed by atoms with Gasteiger partial charge in [-0.05, 0) is 25.0 Å². The number of pyridine rings is 1. The van der Waals surface area contributed by atoms with Crippen LogP contribution in [0.15, 0.2) is 18.3 Å². The summed E-state index contributed by atoms with van der Waals surface area (Å²) in [4.78, 5) is 6.33. The average Bonchev–Trinajstić information content (AvgIpc) is 3.26. The molecule has 2 aliphatic rings. The lowest BCUT2D eigenvalue weighted by molar-refractivity contribution is 0.325. The van der Waals surface area contributed by atoms with E-state index >= 15 is 0 Å². The third-order valence-corrected chi connectivity index (χ3v) is 6.38. The number of rotatable bonds is 5. The highest BCUT2D eigenvalue weighted by molar-refractivity contribution is 7.90. The average molecular weight is 306 g/mol. The zero-order chi connectivity index (χ0) is 15.0. The number of aromatic nitrogens is 1. The van der Waals surface area contributed by atoms with E-state index in [0.717, 1.165) is 31.7 Å². The molecule has 0 unspecified atom stereocenters. The number of nitriles is 1. The van der Waals surface area contributed by atoms with Gasteiger partial charge in [-0.3, -0.25) is 0 Å². The van der Waals surface area contributed by atoms with E-state index in [0.29, 0.717) is 18.0 Å². The molecule has 1 saturated heterocycles. The van der Waals surface area contributed by atoms with Crippen molar-refractivity contribution in [2.24, 2.45) is 5.92 Å². The van der Waals surface area contributed by atoms with Gasteiger partial charge in [-0.15, -0.1) is 0 Å². The van der Waals surface area contributed by atoms with Crippen LogP contribution >= 0.6 is 0 Å². The van der Waals surface area contributed by atoms with E-state index in [-0.39, 0.29) is 5.25 Å². The zero-order valence-electron chi connectivity index (χ0n) is 11.9. The van der Waals surface area contributed by atoms with Crippen LogP contribution in [0.2, 0.25) is 0 Å². The van der Waals surface area contributed by atoms with Gasteiger partial charge >= 0.3 is 0 Å². The third kappa shape index (κ3) is 2.87. The van der Waals surface area contributed by atoms with Crippen LogP contribution < -0.4 is 4.90 Å². The normalized spacial score (nSPS) is 19.4. The SMILES string of the molecule is CN(CC1CN(c2cc(C#N)ccn2)C1)S(=O)(=O)C1CC1. The molecule has 1 aliphatic heterocycles. The fourth-order valence-corrected chi connectivity index (χ4v) is 4.28. The van der Waals surface area contributed by atoms with Crippen LogP contribution in [0.1, 0.15) is 18.4 Å². The van der Waals surface area contributed by atoms with Crippen LogP contribution in [0.3, 0.4) is 0 Å². The second-order valence-electron chi connectivity index (χ2n) is 5.81. The highest BCUT2D eigenvalue weighted by Gasteiger charge is 2.40. The van der Waals surface area contributed by atoms with E-state index in [2.05, 4.69) is 16.0 Å². The standard InChI is InChI=1S/C14H18N4O2S/c1-17(21(19,20)13-2-3-13)8-12-9-18(10-12)14-6-11(7-15)4-5-16-14/h4-6,12-13H,2-3,8-10H2,1H3. The summed E-state index contributed by atoms with van der Waals surface area (Å²) in [5.74, 6) is 1.12. The van der Waals surface area contributed by atoms with Gasteiger partial charge < -0.3 is 4.90 Å². The lowest BCUT2D eigenvalue weighted by atomic mass is 10.0. The molecule has 112 valence electrons. The molecule has 0 bridgehead atoms. The molecular formula is C14H18N4O2S. The molecule has 1 aromatic heterocycles. The van der Waals surface area contributed by atoms with E-state index in [9.17, 15) is 8.42 Å².